The fraction of sp³-hybridized carbons (Fsp3) is 0.364. The lowest BCUT2D eigenvalue weighted by molar-refractivity contribution is 0.602. The molecule has 0 atom stereocenters. The highest BCUT2D eigenvalue weighted by Gasteiger charge is 2.16. The zero-order chi connectivity index (χ0) is 13.5. The van der Waals surface area contributed by atoms with Crippen molar-refractivity contribution in [2.75, 3.05) is 4.72 Å². The van der Waals surface area contributed by atoms with Crippen molar-refractivity contribution in [2.24, 2.45) is 12.2 Å². The van der Waals surface area contributed by atoms with E-state index in [9.17, 15) is 8.42 Å². The van der Waals surface area contributed by atoms with Crippen LogP contribution in [0.1, 0.15) is 25.3 Å². The largest absolute Gasteiger partial charge is 0.297 e. The monoisotopic (exact) mass is 268 g/mol. The lowest BCUT2D eigenvalue weighted by atomic mass is 10.0. The fourth-order valence-electron chi connectivity index (χ4n) is 2.04. The Morgan fingerprint density at radius 1 is 1.39 bits per heavy atom. The van der Waals surface area contributed by atoms with Crippen LogP contribution in [-0.4, -0.2) is 18.2 Å². The van der Waals surface area contributed by atoms with Gasteiger partial charge in [-0.3, -0.25) is 9.40 Å². The van der Waals surface area contributed by atoms with E-state index in [2.05, 4.69) is 23.7 Å². The molecule has 0 spiro atoms. The molecule has 0 bridgehead atoms. The summed E-state index contributed by atoms with van der Waals surface area (Å²) in [7, 11) is -2.03. The van der Waals surface area contributed by atoms with Crippen molar-refractivity contribution < 1.29 is 8.42 Å². The van der Waals surface area contributed by atoms with E-state index in [-0.39, 0.29) is 5.82 Å². The van der Waals surface area contributed by atoms with Crippen LogP contribution >= 0.6 is 0 Å². The third-order valence-electron chi connectivity index (χ3n) is 2.76. The molecule has 6 nitrogen and oxygen atoms in total. The number of nitrogens with zero attached hydrogens (tertiary/aromatic N) is 2. The first kappa shape index (κ1) is 12.8. The Bertz CT molecular complexity index is 688. The molecule has 0 aliphatic rings. The van der Waals surface area contributed by atoms with E-state index in [0.29, 0.717) is 5.92 Å². The summed E-state index contributed by atoms with van der Waals surface area (Å²) >= 11 is 0. The van der Waals surface area contributed by atoms with Crippen LogP contribution in [0, 0.1) is 0 Å². The van der Waals surface area contributed by atoms with E-state index < -0.39 is 10.2 Å². The quantitative estimate of drug-likeness (QED) is 0.879. The second kappa shape index (κ2) is 4.25. The van der Waals surface area contributed by atoms with Gasteiger partial charge in [0.05, 0.1) is 5.52 Å². The van der Waals surface area contributed by atoms with Crippen molar-refractivity contribution in [2.45, 2.75) is 19.8 Å². The van der Waals surface area contributed by atoms with Crippen LogP contribution < -0.4 is 9.86 Å². The molecular weight excluding hydrogens is 252 g/mol. The van der Waals surface area contributed by atoms with Gasteiger partial charge in [-0.05, 0) is 17.5 Å². The Balaban J connectivity index is 2.70. The van der Waals surface area contributed by atoms with E-state index in [1.165, 1.54) is 0 Å². The molecule has 1 aromatic carbocycles. The van der Waals surface area contributed by atoms with Crippen LogP contribution in [-0.2, 0) is 17.3 Å². The summed E-state index contributed by atoms with van der Waals surface area (Å²) in [6.45, 7) is 4.16. The number of benzene rings is 1. The van der Waals surface area contributed by atoms with Crippen molar-refractivity contribution in [3.8, 4) is 0 Å². The maximum Gasteiger partial charge on any atom is 0.297 e. The molecule has 1 aromatic heterocycles. The van der Waals surface area contributed by atoms with Crippen LogP contribution in [0.3, 0.4) is 0 Å². The number of fused-ring (bicyclic) bond motifs is 1. The minimum absolute atomic E-state index is 0.262. The number of aryl methyl sites for hydroxylation is 1. The molecule has 0 saturated heterocycles. The maximum atomic E-state index is 11.1. The zero-order valence-electron chi connectivity index (χ0n) is 10.5. The standard InChI is InChI=1S/C11H16N4O2S/c1-7(2)8-5-4-6-9-10(8)15(3)13-11(9)14-18(12,16)17/h4-7H,1-3H3,(H,13,14)(H2,12,16,17). The molecule has 98 valence electrons. The van der Waals surface area contributed by atoms with Crippen LogP contribution in [0.5, 0.6) is 0 Å². The van der Waals surface area contributed by atoms with Gasteiger partial charge in [0.1, 0.15) is 0 Å². The molecular formula is C11H16N4O2S. The molecule has 0 saturated carbocycles. The SMILES string of the molecule is CC(C)c1cccc2c(NS(N)(=O)=O)nn(C)c12. The number of hydrogen-bond acceptors (Lipinski definition) is 3. The Hall–Kier alpha value is -1.60. The summed E-state index contributed by atoms with van der Waals surface area (Å²) in [5.41, 5.74) is 2.03. The second-order valence-electron chi connectivity index (χ2n) is 4.52. The Labute approximate surface area is 106 Å². The van der Waals surface area contributed by atoms with Crippen LogP contribution in [0.2, 0.25) is 0 Å². The third kappa shape index (κ3) is 2.32. The van der Waals surface area contributed by atoms with Gasteiger partial charge < -0.3 is 0 Å². The van der Waals surface area contributed by atoms with Crippen LogP contribution in [0.4, 0.5) is 5.82 Å². The Morgan fingerprint density at radius 2 is 2.06 bits per heavy atom. The summed E-state index contributed by atoms with van der Waals surface area (Å²) in [4.78, 5) is 0. The first-order valence-electron chi connectivity index (χ1n) is 5.55. The highest BCUT2D eigenvalue weighted by Crippen LogP contribution is 2.29. The van der Waals surface area contributed by atoms with Gasteiger partial charge in [0, 0.05) is 12.4 Å². The molecule has 0 aliphatic carbocycles. The lowest BCUT2D eigenvalue weighted by Gasteiger charge is -2.08. The van der Waals surface area contributed by atoms with Gasteiger partial charge in [0.2, 0.25) is 0 Å². The number of anilines is 1. The number of rotatable bonds is 3. The van der Waals surface area contributed by atoms with Gasteiger partial charge in [-0.1, -0.05) is 26.0 Å². The Kier molecular flexibility index (Phi) is 3.04. The highest BCUT2D eigenvalue weighted by molar-refractivity contribution is 7.90. The van der Waals surface area contributed by atoms with Gasteiger partial charge in [0.25, 0.3) is 10.2 Å². The van der Waals surface area contributed by atoms with Gasteiger partial charge in [-0.25, -0.2) is 5.14 Å². The van der Waals surface area contributed by atoms with E-state index in [4.69, 9.17) is 5.14 Å². The zero-order valence-corrected chi connectivity index (χ0v) is 11.3. The average molecular weight is 268 g/mol. The molecule has 2 rings (SSSR count). The van der Waals surface area contributed by atoms with Crippen molar-refractivity contribution in [3.63, 3.8) is 0 Å². The number of nitrogens with two attached hydrogens (primary N) is 1. The van der Waals surface area contributed by atoms with Crippen molar-refractivity contribution in [1.82, 2.24) is 9.78 Å². The van der Waals surface area contributed by atoms with Gasteiger partial charge in [-0.15, -0.1) is 0 Å². The number of aromatic nitrogens is 2. The van der Waals surface area contributed by atoms with Gasteiger partial charge in [-0.2, -0.15) is 13.5 Å². The summed E-state index contributed by atoms with van der Waals surface area (Å²) < 4.78 is 26.1. The summed E-state index contributed by atoms with van der Waals surface area (Å²) in [5, 5.41) is 9.89. The van der Waals surface area contributed by atoms with Crippen LogP contribution in [0.25, 0.3) is 10.9 Å². The lowest BCUT2D eigenvalue weighted by Crippen LogP contribution is -2.22. The molecule has 7 heteroatoms. The normalized spacial score (nSPS) is 12.3. The molecule has 0 unspecified atom stereocenters. The molecule has 0 amide bonds. The Morgan fingerprint density at radius 3 is 2.61 bits per heavy atom. The van der Waals surface area contributed by atoms with Crippen LogP contribution in [0.15, 0.2) is 18.2 Å². The number of nitrogens with one attached hydrogen (secondary N) is 1. The molecule has 3 N–H and O–H groups in total. The van der Waals surface area contributed by atoms with Crippen molar-refractivity contribution in [1.29, 1.82) is 0 Å². The van der Waals surface area contributed by atoms with Gasteiger partial charge >= 0.3 is 0 Å². The van der Waals surface area contributed by atoms with E-state index >= 15 is 0 Å². The average Bonchev–Trinajstić information content (AvgIpc) is 2.53. The molecule has 1 heterocycles. The minimum Gasteiger partial charge on any atom is -0.265 e. The third-order valence-corrected chi connectivity index (χ3v) is 3.23. The van der Waals surface area contributed by atoms with E-state index in [1.807, 2.05) is 18.2 Å². The minimum atomic E-state index is -3.81. The topological polar surface area (TPSA) is 90.0 Å². The van der Waals surface area contributed by atoms with E-state index in [0.717, 1.165) is 16.5 Å². The summed E-state index contributed by atoms with van der Waals surface area (Å²) in [6, 6.07) is 5.71. The highest BCUT2D eigenvalue weighted by atomic mass is 32.2. The van der Waals surface area contributed by atoms with Crippen molar-refractivity contribution in [3.05, 3.63) is 23.8 Å². The molecule has 0 fully saturated rings. The maximum absolute atomic E-state index is 11.1. The number of hydrogen-bond donors (Lipinski definition) is 2. The second-order valence-corrected chi connectivity index (χ2v) is 5.81. The number of para-hydroxylation sites is 1. The fourth-order valence-corrected chi connectivity index (χ4v) is 2.46. The predicted molar refractivity (Wildman–Crippen MR) is 71.5 cm³/mol. The molecule has 18 heavy (non-hydrogen) atoms. The predicted octanol–water partition coefficient (Wildman–Crippen LogP) is 1.31. The summed E-state index contributed by atoms with van der Waals surface area (Å²) in [6.07, 6.45) is 0. The summed E-state index contributed by atoms with van der Waals surface area (Å²) in [5.74, 6) is 0.587. The molecule has 0 radical (unpaired) electrons. The first-order chi connectivity index (χ1) is 8.29. The van der Waals surface area contributed by atoms with Crippen molar-refractivity contribution >= 4 is 26.9 Å². The first-order valence-corrected chi connectivity index (χ1v) is 7.10. The smallest absolute Gasteiger partial charge is 0.265 e. The molecule has 0 aliphatic heterocycles. The molecule has 2 aromatic rings. The van der Waals surface area contributed by atoms with Gasteiger partial charge in [0.15, 0.2) is 5.82 Å². The van der Waals surface area contributed by atoms with E-state index in [1.54, 1.807) is 11.7 Å².